The summed E-state index contributed by atoms with van der Waals surface area (Å²) in [5, 5.41) is 8.90. The average Bonchev–Trinajstić information content (AvgIpc) is 3.04. The van der Waals surface area contributed by atoms with E-state index in [-0.39, 0.29) is 12.6 Å². The van der Waals surface area contributed by atoms with Crippen LogP contribution in [0.1, 0.15) is 16.0 Å². The number of aliphatic hydroxyl groups is 1. The van der Waals surface area contributed by atoms with Crippen LogP contribution in [0.3, 0.4) is 0 Å². The molecule has 21 heavy (non-hydrogen) atoms. The molecule has 0 saturated heterocycles. The lowest BCUT2D eigenvalue weighted by atomic mass is 10.1. The second-order valence-corrected chi connectivity index (χ2v) is 8.30. The number of hydrogen-bond acceptors (Lipinski definition) is 4. The van der Waals surface area contributed by atoms with E-state index in [9.17, 15) is 8.42 Å². The van der Waals surface area contributed by atoms with Crippen molar-refractivity contribution in [3.8, 4) is 0 Å². The molecule has 6 heteroatoms. The van der Waals surface area contributed by atoms with Crippen molar-refractivity contribution in [1.29, 1.82) is 0 Å². The van der Waals surface area contributed by atoms with Gasteiger partial charge in [0.1, 0.15) is 4.21 Å². The first-order chi connectivity index (χ1) is 10.1. The Morgan fingerprint density at radius 2 is 1.81 bits per heavy atom. The molecule has 0 atom stereocenters. The number of sulfonamides is 1. The molecule has 1 heterocycles. The van der Waals surface area contributed by atoms with Crippen molar-refractivity contribution in [1.82, 2.24) is 4.72 Å². The van der Waals surface area contributed by atoms with E-state index in [0.29, 0.717) is 10.6 Å². The standard InChI is InChI=1S/C15H17NO3S2/c17-8-7-14-5-6-15(20-14)21(18,19)16-13-9-11-3-1-2-4-12(11)10-13/h1-6,13,16-17H,7-10H2. The molecule has 1 aromatic heterocycles. The summed E-state index contributed by atoms with van der Waals surface area (Å²) in [4.78, 5) is 0.882. The van der Waals surface area contributed by atoms with Gasteiger partial charge in [-0.2, -0.15) is 0 Å². The Morgan fingerprint density at radius 3 is 2.43 bits per heavy atom. The SMILES string of the molecule is O=S(=O)(NC1Cc2ccccc2C1)c1ccc(CCO)s1. The van der Waals surface area contributed by atoms with Crippen molar-refractivity contribution in [2.45, 2.75) is 29.5 Å². The third-order valence-corrected chi connectivity index (χ3v) is 6.79. The first-order valence-electron chi connectivity index (χ1n) is 6.87. The predicted molar refractivity (Wildman–Crippen MR) is 83.1 cm³/mol. The number of hydrogen-bond donors (Lipinski definition) is 2. The molecule has 0 fully saturated rings. The van der Waals surface area contributed by atoms with Crippen LogP contribution in [0.5, 0.6) is 0 Å². The van der Waals surface area contributed by atoms with Crippen LogP contribution >= 0.6 is 11.3 Å². The summed E-state index contributed by atoms with van der Waals surface area (Å²) in [6, 6.07) is 11.4. The second-order valence-electron chi connectivity index (χ2n) is 5.19. The van der Waals surface area contributed by atoms with Crippen LogP contribution in [0, 0.1) is 0 Å². The maximum atomic E-state index is 12.4. The number of fused-ring (bicyclic) bond motifs is 1. The Bertz CT molecular complexity index is 712. The number of nitrogens with one attached hydrogen (secondary N) is 1. The predicted octanol–water partition coefficient (Wildman–Crippen LogP) is 1.73. The zero-order valence-corrected chi connectivity index (χ0v) is 13.1. The van der Waals surface area contributed by atoms with E-state index in [2.05, 4.69) is 4.72 Å². The first-order valence-corrected chi connectivity index (χ1v) is 9.17. The third-order valence-electron chi connectivity index (χ3n) is 3.63. The van der Waals surface area contributed by atoms with Crippen LogP contribution in [0.2, 0.25) is 0 Å². The van der Waals surface area contributed by atoms with Crippen molar-refractivity contribution in [2.24, 2.45) is 0 Å². The Balaban J connectivity index is 1.72. The van der Waals surface area contributed by atoms with Gasteiger partial charge in [0.2, 0.25) is 10.0 Å². The third kappa shape index (κ3) is 3.18. The van der Waals surface area contributed by atoms with E-state index in [4.69, 9.17) is 5.11 Å². The lowest BCUT2D eigenvalue weighted by Crippen LogP contribution is -2.34. The van der Waals surface area contributed by atoms with Crippen LogP contribution < -0.4 is 4.72 Å². The van der Waals surface area contributed by atoms with Gasteiger partial charge in [-0.05, 0) is 36.1 Å². The number of thiophene rings is 1. The summed E-state index contributed by atoms with van der Waals surface area (Å²) in [7, 11) is -3.47. The number of rotatable bonds is 5. The van der Waals surface area contributed by atoms with Gasteiger partial charge in [0.05, 0.1) is 0 Å². The first kappa shape index (κ1) is 14.7. The monoisotopic (exact) mass is 323 g/mol. The van der Waals surface area contributed by atoms with Gasteiger partial charge in [-0.15, -0.1) is 11.3 Å². The minimum atomic E-state index is -3.47. The van der Waals surface area contributed by atoms with Gasteiger partial charge in [-0.3, -0.25) is 0 Å². The minimum Gasteiger partial charge on any atom is -0.396 e. The second kappa shape index (κ2) is 5.88. The van der Waals surface area contributed by atoms with Crippen molar-refractivity contribution in [2.75, 3.05) is 6.61 Å². The Kier molecular flexibility index (Phi) is 4.12. The Hall–Kier alpha value is -1.21. The molecule has 1 aliphatic carbocycles. The molecule has 0 radical (unpaired) electrons. The Morgan fingerprint density at radius 1 is 1.14 bits per heavy atom. The fourth-order valence-corrected chi connectivity index (χ4v) is 5.26. The highest BCUT2D eigenvalue weighted by molar-refractivity contribution is 7.91. The molecule has 3 rings (SSSR count). The number of aliphatic hydroxyl groups excluding tert-OH is 1. The summed E-state index contributed by atoms with van der Waals surface area (Å²) < 4.78 is 27.9. The van der Waals surface area contributed by atoms with Crippen LogP contribution in [0.25, 0.3) is 0 Å². The van der Waals surface area contributed by atoms with E-state index in [1.807, 2.05) is 24.3 Å². The highest BCUT2D eigenvalue weighted by Crippen LogP contribution is 2.26. The van der Waals surface area contributed by atoms with Gasteiger partial charge in [-0.1, -0.05) is 24.3 Å². The normalized spacial score (nSPS) is 15.3. The molecule has 1 aliphatic rings. The quantitative estimate of drug-likeness (QED) is 0.880. The summed E-state index contributed by atoms with van der Waals surface area (Å²) in [6.45, 7) is 0.0331. The molecule has 4 nitrogen and oxygen atoms in total. The summed E-state index contributed by atoms with van der Waals surface area (Å²) >= 11 is 1.22. The largest absolute Gasteiger partial charge is 0.396 e. The molecule has 2 aromatic rings. The van der Waals surface area contributed by atoms with Crippen LogP contribution in [0.15, 0.2) is 40.6 Å². The van der Waals surface area contributed by atoms with Crippen LogP contribution in [-0.4, -0.2) is 26.2 Å². The van der Waals surface area contributed by atoms with Crippen molar-refractivity contribution in [3.05, 3.63) is 52.4 Å². The Labute approximate surface area is 128 Å². The van der Waals surface area contributed by atoms with E-state index >= 15 is 0 Å². The molecule has 0 unspecified atom stereocenters. The molecule has 1 aromatic carbocycles. The molecule has 0 amide bonds. The number of benzene rings is 1. The van der Waals surface area contributed by atoms with Gasteiger partial charge in [-0.25, -0.2) is 13.1 Å². The topological polar surface area (TPSA) is 66.4 Å². The van der Waals surface area contributed by atoms with E-state index in [1.54, 1.807) is 12.1 Å². The van der Waals surface area contributed by atoms with E-state index in [1.165, 1.54) is 22.5 Å². The van der Waals surface area contributed by atoms with Gasteiger partial charge in [0.15, 0.2) is 0 Å². The van der Waals surface area contributed by atoms with Crippen molar-refractivity contribution >= 4 is 21.4 Å². The summed E-state index contributed by atoms with van der Waals surface area (Å²) in [6.07, 6.45) is 1.98. The fraction of sp³-hybridized carbons (Fsp3) is 0.333. The maximum absolute atomic E-state index is 12.4. The molecule has 0 aliphatic heterocycles. The molecule has 112 valence electrons. The zero-order chi connectivity index (χ0) is 14.9. The molecular weight excluding hydrogens is 306 g/mol. The maximum Gasteiger partial charge on any atom is 0.250 e. The zero-order valence-electron chi connectivity index (χ0n) is 11.5. The molecular formula is C15H17NO3S2. The molecule has 0 spiro atoms. The highest BCUT2D eigenvalue weighted by atomic mass is 32.2. The van der Waals surface area contributed by atoms with Crippen molar-refractivity contribution < 1.29 is 13.5 Å². The van der Waals surface area contributed by atoms with Gasteiger partial charge < -0.3 is 5.11 Å². The fourth-order valence-electron chi connectivity index (χ4n) is 2.67. The van der Waals surface area contributed by atoms with E-state index < -0.39 is 10.0 Å². The highest BCUT2D eigenvalue weighted by Gasteiger charge is 2.27. The summed E-state index contributed by atoms with van der Waals surface area (Å²) in [5.74, 6) is 0. The molecule has 0 saturated carbocycles. The molecule has 2 N–H and O–H groups in total. The average molecular weight is 323 g/mol. The van der Waals surface area contributed by atoms with Crippen LogP contribution in [-0.2, 0) is 29.3 Å². The lowest BCUT2D eigenvalue weighted by Gasteiger charge is -2.11. The van der Waals surface area contributed by atoms with Crippen molar-refractivity contribution in [3.63, 3.8) is 0 Å². The molecule has 0 bridgehead atoms. The lowest BCUT2D eigenvalue weighted by molar-refractivity contribution is 0.300. The smallest absolute Gasteiger partial charge is 0.250 e. The van der Waals surface area contributed by atoms with Gasteiger partial charge in [0, 0.05) is 23.9 Å². The van der Waals surface area contributed by atoms with Gasteiger partial charge in [0.25, 0.3) is 0 Å². The van der Waals surface area contributed by atoms with E-state index in [0.717, 1.165) is 17.7 Å². The summed E-state index contributed by atoms with van der Waals surface area (Å²) in [5.41, 5.74) is 2.44. The van der Waals surface area contributed by atoms with Crippen LogP contribution in [0.4, 0.5) is 0 Å². The minimum absolute atomic E-state index is 0.0331. The van der Waals surface area contributed by atoms with Gasteiger partial charge >= 0.3 is 0 Å².